The number of methoxy groups -OCH3 is 1. The summed E-state index contributed by atoms with van der Waals surface area (Å²) in [5.74, 6) is 0.631. The van der Waals surface area contributed by atoms with Gasteiger partial charge in [0.2, 0.25) is 0 Å². The van der Waals surface area contributed by atoms with Crippen molar-refractivity contribution in [3.8, 4) is 11.5 Å². The molecular weight excluding hydrogens is 258 g/mol. The van der Waals surface area contributed by atoms with Crippen molar-refractivity contribution < 1.29 is 9.84 Å². The quantitative estimate of drug-likeness (QED) is 0.886. The fraction of sp³-hybridized carbons (Fsp3) is 0.455. The third-order valence-corrected chi connectivity index (χ3v) is 2.80. The Morgan fingerprint density at radius 1 is 1.53 bits per heavy atom. The average Bonchev–Trinajstić information content (AvgIpc) is 2.19. The highest BCUT2D eigenvalue weighted by molar-refractivity contribution is 9.10. The van der Waals surface area contributed by atoms with Crippen LogP contribution in [0.15, 0.2) is 16.6 Å². The minimum Gasteiger partial charge on any atom is -0.503 e. The van der Waals surface area contributed by atoms with Gasteiger partial charge in [0.1, 0.15) is 0 Å². The Morgan fingerprint density at radius 2 is 2.20 bits per heavy atom. The highest BCUT2D eigenvalue weighted by Gasteiger charge is 2.08. The molecule has 0 heterocycles. The SMILES string of the molecule is COc1cc(CC[C@H](C)N)cc(Br)c1O. The van der Waals surface area contributed by atoms with Crippen molar-refractivity contribution in [3.63, 3.8) is 0 Å². The molecule has 0 fully saturated rings. The van der Waals surface area contributed by atoms with Gasteiger partial charge in [0.05, 0.1) is 11.6 Å². The van der Waals surface area contributed by atoms with Crippen LogP contribution in [0.1, 0.15) is 18.9 Å². The summed E-state index contributed by atoms with van der Waals surface area (Å²) in [5.41, 5.74) is 6.79. The van der Waals surface area contributed by atoms with Gasteiger partial charge in [-0.3, -0.25) is 0 Å². The smallest absolute Gasteiger partial charge is 0.172 e. The molecule has 0 saturated carbocycles. The van der Waals surface area contributed by atoms with E-state index >= 15 is 0 Å². The summed E-state index contributed by atoms with van der Waals surface area (Å²) in [5, 5.41) is 9.60. The van der Waals surface area contributed by atoms with Gasteiger partial charge in [0.15, 0.2) is 11.5 Å². The summed E-state index contributed by atoms with van der Waals surface area (Å²) in [6.07, 6.45) is 1.80. The largest absolute Gasteiger partial charge is 0.503 e. The number of phenolic OH excluding ortho intramolecular Hbond substituents is 1. The molecule has 0 aliphatic carbocycles. The summed E-state index contributed by atoms with van der Waals surface area (Å²) >= 11 is 3.28. The maximum atomic E-state index is 9.60. The van der Waals surface area contributed by atoms with Gasteiger partial charge in [-0.05, 0) is 53.4 Å². The zero-order valence-electron chi connectivity index (χ0n) is 8.96. The van der Waals surface area contributed by atoms with Crippen LogP contribution >= 0.6 is 15.9 Å². The molecule has 0 aliphatic heterocycles. The molecule has 0 radical (unpaired) electrons. The second-order valence-corrected chi connectivity index (χ2v) is 4.50. The molecule has 84 valence electrons. The molecule has 0 aromatic heterocycles. The molecule has 0 saturated heterocycles. The van der Waals surface area contributed by atoms with E-state index in [0.29, 0.717) is 10.2 Å². The molecule has 0 bridgehead atoms. The van der Waals surface area contributed by atoms with Crippen LogP contribution in [0.4, 0.5) is 0 Å². The van der Waals surface area contributed by atoms with Crippen molar-refractivity contribution in [3.05, 3.63) is 22.2 Å². The van der Waals surface area contributed by atoms with Crippen LogP contribution in [0.5, 0.6) is 11.5 Å². The lowest BCUT2D eigenvalue weighted by Gasteiger charge is -2.10. The number of ether oxygens (including phenoxy) is 1. The van der Waals surface area contributed by atoms with E-state index < -0.39 is 0 Å². The number of nitrogens with two attached hydrogens (primary N) is 1. The summed E-state index contributed by atoms with van der Waals surface area (Å²) in [6.45, 7) is 1.98. The van der Waals surface area contributed by atoms with Crippen molar-refractivity contribution >= 4 is 15.9 Å². The van der Waals surface area contributed by atoms with Crippen LogP contribution in [-0.4, -0.2) is 18.3 Å². The Bertz CT molecular complexity index is 340. The second kappa shape index (κ2) is 5.37. The minimum absolute atomic E-state index is 0.141. The molecule has 1 aromatic rings. The van der Waals surface area contributed by atoms with Crippen LogP contribution in [0.2, 0.25) is 0 Å². The number of benzene rings is 1. The number of halogens is 1. The third-order valence-electron chi connectivity index (χ3n) is 2.20. The third kappa shape index (κ3) is 3.39. The molecule has 0 amide bonds. The normalized spacial score (nSPS) is 12.5. The molecule has 0 spiro atoms. The summed E-state index contributed by atoms with van der Waals surface area (Å²) in [6, 6.07) is 3.91. The minimum atomic E-state index is 0.141. The van der Waals surface area contributed by atoms with Gasteiger partial charge >= 0.3 is 0 Å². The lowest BCUT2D eigenvalue weighted by Crippen LogP contribution is -2.15. The van der Waals surface area contributed by atoms with Crippen LogP contribution in [0.25, 0.3) is 0 Å². The summed E-state index contributed by atoms with van der Waals surface area (Å²) in [7, 11) is 1.54. The average molecular weight is 274 g/mol. The summed E-state index contributed by atoms with van der Waals surface area (Å²) < 4.78 is 5.72. The molecule has 4 heteroatoms. The van der Waals surface area contributed by atoms with E-state index in [4.69, 9.17) is 10.5 Å². The van der Waals surface area contributed by atoms with Gasteiger partial charge in [0, 0.05) is 6.04 Å². The maximum absolute atomic E-state index is 9.60. The van der Waals surface area contributed by atoms with Gasteiger partial charge in [-0.2, -0.15) is 0 Å². The predicted octanol–water partition coefficient (Wildman–Crippen LogP) is 2.44. The molecule has 3 nitrogen and oxygen atoms in total. The van der Waals surface area contributed by atoms with Crippen LogP contribution < -0.4 is 10.5 Å². The Kier molecular flexibility index (Phi) is 4.42. The summed E-state index contributed by atoms with van der Waals surface area (Å²) in [4.78, 5) is 0. The number of hydrogen-bond acceptors (Lipinski definition) is 3. The lowest BCUT2D eigenvalue weighted by molar-refractivity contribution is 0.371. The van der Waals surface area contributed by atoms with Crippen molar-refractivity contribution in [2.75, 3.05) is 7.11 Å². The molecular formula is C11H16BrNO2. The predicted molar refractivity (Wildman–Crippen MR) is 64.3 cm³/mol. The highest BCUT2D eigenvalue weighted by Crippen LogP contribution is 2.35. The fourth-order valence-electron chi connectivity index (χ4n) is 1.32. The maximum Gasteiger partial charge on any atom is 0.172 e. The van der Waals surface area contributed by atoms with E-state index in [1.54, 1.807) is 0 Å². The van der Waals surface area contributed by atoms with Gasteiger partial charge in [0.25, 0.3) is 0 Å². The molecule has 1 rings (SSSR count). The Morgan fingerprint density at radius 3 is 2.73 bits per heavy atom. The molecule has 0 aliphatic rings. The van der Waals surface area contributed by atoms with E-state index in [9.17, 15) is 5.11 Å². The molecule has 15 heavy (non-hydrogen) atoms. The van der Waals surface area contributed by atoms with Crippen LogP contribution in [0.3, 0.4) is 0 Å². The second-order valence-electron chi connectivity index (χ2n) is 3.64. The van der Waals surface area contributed by atoms with Gasteiger partial charge in [-0.15, -0.1) is 0 Å². The van der Waals surface area contributed by atoms with Crippen LogP contribution in [-0.2, 0) is 6.42 Å². The van der Waals surface area contributed by atoms with Crippen LogP contribution in [0, 0.1) is 0 Å². The van der Waals surface area contributed by atoms with Gasteiger partial charge < -0.3 is 15.6 Å². The monoisotopic (exact) mass is 273 g/mol. The standard InChI is InChI=1S/C11H16BrNO2/c1-7(13)3-4-8-5-9(12)11(14)10(6-8)15-2/h5-7,14H,3-4,13H2,1-2H3/t7-/m0/s1. The van der Waals surface area contributed by atoms with E-state index in [1.165, 1.54) is 7.11 Å². The van der Waals surface area contributed by atoms with E-state index in [2.05, 4.69) is 15.9 Å². The highest BCUT2D eigenvalue weighted by atomic mass is 79.9. The Hall–Kier alpha value is -0.740. The van der Waals surface area contributed by atoms with Crippen molar-refractivity contribution in [2.24, 2.45) is 5.73 Å². The van der Waals surface area contributed by atoms with Gasteiger partial charge in [-0.25, -0.2) is 0 Å². The number of rotatable bonds is 4. The Labute approximate surface area is 98.4 Å². The molecule has 1 atom stereocenters. The van der Waals surface area contributed by atoms with Crippen molar-refractivity contribution in [1.29, 1.82) is 0 Å². The topological polar surface area (TPSA) is 55.5 Å². The van der Waals surface area contributed by atoms with E-state index in [0.717, 1.165) is 18.4 Å². The van der Waals surface area contributed by atoms with Crippen molar-refractivity contribution in [2.45, 2.75) is 25.8 Å². The van der Waals surface area contributed by atoms with Gasteiger partial charge in [-0.1, -0.05) is 0 Å². The first-order chi connectivity index (χ1) is 7.04. The number of aryl methyl sites for hydroxylation is 1. The zero-order valence-corrected chi connectivity index (χ0v) is 10.5. The van der Waals surface area contributed by atoms with Crippen molar-refractivity contribution in [1.82, 2.24) is 0 Å². The molecule has 3 N–H and O–H groups in total. The number of hydrogen-bond donors (Lipinski definition) is 2. The first-order valence-corrected chi connectivity index (χ1v) is 5.65. The number of phenols is 1. The molecule has 0 unspecified atom stereocenters. The molecule has 1 aromatic carbocycles. The zero-order chi connectivity index (χ0) is 11.4. The number of aromatic hydroxyl groups is 1. The first kappa shape index (κ1) is 12.3. The fourth-order valence-corrected chi connectivity index (χ4v) is 1.81. The Balaban J connectivity index is 2.86. The first-order valence-electron chi connectivity index (χ1n) is 4.85. The van der Waals surface area contributed by atoms with E-state index in [1.807, 2.05) is 19.1 Å². The van der Waals surface area contributed by atoms with E-state index in [-0.39, 0.29) is 11.8 Å². The lowest BCUT2D eigenvalue weighted by atomic mass is 10.1.